The van der Waals surface area contributed by atoms with Gasteiger partial charge < -0.3 is 4.57 Å². The van der Waals surface area contributed by atoms with E-state index in [9.17, 15) is 0 Å². The second-order valence-electron chi connectivity index (χ2n) is 4.21. The summed E-state index contributed by atoms with van der Waals surface area (Å²) in [6.07, 6.45) is 3.05. The molecule has 1 aromatic heterocycles. The van der Waals surface area contributed by atoms with Crippen LogP contribution in [0.25, 0.3) is 0 Å². The lowest BCUT2D eigenvalue weighted by molar-refractivity contribution is 0.602. The molecular weight excluding hydrogens is 208 g/mol. The first-order chi connectivity index (χ1) is 7.17. The molecule has 0 bridgehead atoms. The van der Waals surface area contributed by atoms with Gasteiger partial charge in [0.05, 0.1) is 6.07 Å². The Morgan fingerprint density at radius 1 is 1.53 bits per heavy atom. The zero-order chi connectivity index (χ0) is 10.9. The summed E-state index contributed by atoms with van der Waals surface area (Å²) in [5, 5.41) is 17.8. The highest BCUT2D eigenvalue weighted by atomic mass is 32.2. The molecule has 15 heavy (non-hydrogen) atoms. The molecule has 4 nitrogen and oxygen atoms in total. The second-order valence-corrected chi connectivity index (χ2v) is 5.15. The summed E-state index contributed by atoms with van der Waals surface area (Å²) in [5.74, 6) is 1.93. The molecule has 0 N–H and O–H groups in total. The van der Waals surface area contributed by atoms with E-state index in [1.165, 1.54) is 12.8 Å². The fourth-order valence-electron chi connectivity index (χ4n) is 1.45. The van der Waals surface area contributed by atoms with E-state index in [1.54, 1.807) is 11.8 Å². The predicted octanol–water partition coefficient (Wildman–Crippen LogP) is 1.91. The van der Waals surface area contributed by atoms with Gasteiger partial charge in [-0.3, -0.25) is 0 Å². The van der Waals surface area contributed by atoms with E-state index in [0.29, 0.717) is 6.42 Å². The molecule has 0 radical (unpaired) electrons. The Morgan fingerprint density at radius 3 is 2.73 bits per heavy atom. The minimum atomic E-state index is 0.277. The van der Waals surface area contributed by atoms with Crippen molar-refractivity contribution >= 4 is 11.8 Å². The van der Waals surface area contributed by atoms with Crippen molar-refractivity contribution in [1.29, 1.82) is 5.26 Å². The molecule has 0 unspecified atom stereocenters. The molecule has 1 aliphatic rings. The molecule has 5 heteroatoms. The van der Waals surface area contributed by atoms with E-state index in [4.69, 9.17) is 5.26 Å². The Hall–Kier alpha value is -1.02. The first kappa shape index (κ1) is 10.5. The Kier molecular flexibility index (Phi) is 2.70. The van der Waals surface area contributed by atoms with Crippen molar-refractivity contribution in [3.63, 3.8) is 0 Å². The fraction of sp³-hybridized carbons (Fsp3) is 0.700. The van der Waals surface area contributed by atoms with Crippen molar-refractivity contribution in [3.05, 3.63) is 5.82 Å². The predicted molar refractivity (Wildman–Crippen MR) is 58.4 cm³/mol. The van der Waals surface area contributed by atoms with E-state index in [-0.39, 0.29) is 5.41 Å². The fourth-order valence-corrected chi connectivity index (χ4v) is 2.70. The Labute approximate surface area is 93.7 Å². The summed E-state index contributed by atoms with van der Waals surface area (Å²) in [6, 6.07) is 2.27. The molecule has 2 rings (SSSR count). The maximum atomic E-state index is 8.71. The largest absolute Gasteiger partial charge is 0.309 e. The summed E-state index contributed by atoms with van der Waals surface area (Å²) in [6.45, 7) is 1.94. The van der Waals surface area contributed by atoms with Gasteiger partial charge in [0.25, 0.3) is 0 Å². The van der Waals surface area contributed by atoms with Crippen molar-refractivity contribution in [3.8, 4) is 6.07 Å². The van der Waals surface area contributed by atoms with Gasteiger partial charge in [-0.2, -0.15) is 5.26 Å². The van der Waals surface area contributed by atoms with E-state index in [0.717, 1.165) is 16.7 Å². The van der Waals surface area contributed by atoms with Gasteiger partial charge in [-0.1, -0.05) is 11.8 Å². The zero-order valence-corrected chi connectivity index (χ0v) is 9.84. The van der Waals surface area contributed by atoms with Crippen molar-refractivity contribution in [2.24, 2.45) is 12.5 Å². The van der Waals surface area contributed by atoms with Crippen LogP contribution in [0, 0.1) is 23.7 Å². The lowest BCUT2D eigenvalue weighted by atomic mass is 10.1. The molecule has 1 fully saturated rings. The van der Waals surface area contributed by atoms with Crippen LogP contribution in [0.5, 0.6) is 0 Å². The highest BCUT2D eigenvalue weighted by molar-refractivity contribution is 7.99. The number of aryl methyl sites for hydroxylation is 1. The van der Waals surface area contributed by atoms with E-state index in [1.807, 2.05) is 18.5 Å². The molecule has 1 heterocycles. The molecular formula is C10H14N4S. The number of hydrogen-bond acceptors (Lipinski definition) is 4. The van der Waals surface area contributed by atoms with E-state index in [2.05, 4.69) is 16.3 Å². The molecule has 1 aliphatic carbocycles. The first-order valence-corrected chi connectivity index (χ1v) is 6.01. The highest BCUT2D eigenvalue weighted by Crippen LogP contribution is 2.51. The van der Waals surface area contributed by atoms with Crippen LogP contribution in [-0.2, 0) is 7.05 Å². The molecule has 1 aromatic rings. The molecule has 0 aromatic carbocycles. The quantitative estimate of drug-likeness (QED) is 0.730. The van der Waals surface area contributed by atoms with Crippen molar-refractivity contribution in [2.45, 2.75) is 31.3 Å². The lowest BCUT2D eigenvalue weighted by Crippen LogP contribution is -2.04. The Morgan fingerprint density at radius 2 is 2.27 bits per heavy atom. The van der Waals surface area contributed by atoms with Gasteiger partial charge in [0, 0.05) is 19.2 Å². The number of hydrogen-bond donors (Lipinski definition) is 0. The lowest BCUT2D eigenvalue weighted by Gasteiger charge is -2.09. The van der Waals surface area contributed by atoms with Crippen molar-refractivity contribution < 1.29 is 0 Å². The maximum Gasteiger partial charge on any atom is 0.190 e. The van der Waals surface area contributed by atoms with E-state index >= 15 is 0 Å². The van der Waals surface area contributed by atoms with Crippen LogP contribution in [0.3, 0.4) is 0 Å². The second kappa shape index (κ2) is 3.86. The number of rotatable bonds is 4. The molecule has 0 aliphatic heterocycles. The van der Waals surface area contributed by atoms with Crippen LogP contribution in [0.4, 0.5) is 0 Å². The van der Waals surface area contributed by atoms with Crippen molar-refractivity contribution in [2.75, 3.05) is 5.75 Å². The maximum absolute atomic E-state index is 8.71. The van der Waals surface area contributed by atoms with Gasteiger partial charge in [-0.15, -0.1) is 10.2 Å². The Bertz CT molecular complexity index is 400. The SMILES string of the molecule is Cc1nnc(SCC2(CC#N)CC2)n1C. The van der Waals surface area contributed by atoms with Crippen LogP contribution in [0.2, 0.25) is 0 Å². The van der Waals surface area contributed by atoms with Gasteiger partial charge in [-0.25, -0.2) is 0 Å². The first-order valence-electron chi connectivity index (χ1n) is 5.03. The summed E-state index contributed by atoms with van der Waals surface area (Å²) in [4.78, 5) is 0. The van der Waals surface area contributed by atoms with Crippen LogP contribution in [0.15, 0.2) is 5.16 Å². The number of nitriles is 1. The monoisotopic (exact) mass is 222 g/mol. The number of aromatic nitrogens is 3. The van der Waals surface area contributed by atoms with Crippen LogP contribution < -0.4 is 0 Å². The molecule has 0 saturated heterocycles. The molecule has 1 saturated carbocycles. The number of nitrogens with zero attached hydrogens (tertiary/aromatic N) is 4. The van der Waals surface area contributed by atoms with Crippen LogP contribution >= 0.6 is 11.8 Å². The Balaban J connectivity index is 1.94. The van der Waals surface area contributed by atoms with Crippen molar-refractivity contribution in [1.82, 2.24) is 14.8 Å². The average Bonchev–Trinajstić information content (AvgIpc) is 2.91. The molecule has 0 atom stereocenters. The highest BCUT2D eigenvalue weighted by Gasteiger charge is 2.42. The van der Waals surface area contributed by atoms with E-state index < -0.39 is 0 Å². The molecule has 0 spiro atoms. The van der Waals surface area contributed by atoms with Gasteiger partial charge in [0.1, 0.15) is 5.82 Å². The minimum absolute atomic E-state index is 0.277. The van der Waals surface area contributed by atoms with Gasteiger partial charge in [0.2, 0.25) is 0 Å². The molecule has 80 valence electrons. The summed E-state index contributed by atoms with van der Waals surface area (Å²) in [7, 11) is 1.97. The van der Waals surface area contributed by atoms with Crippen LogP contribution in [0.1, 0.15) is 25.1 Å². The minimum Gasteiger partial charge on any atom is -0.309 e. The smallest absolute Gasteiger partial charge is 0.190 e. The summed E-state index contributed by atoms with van der Waals surface area (Å²) in [5.41, 5.74) is 0.277. The third-order valence-corrected chi connectivity index (χ3v) is 4.34. The van der Waals surface area contributed by atoms with Gasteiger partial charge in [-0.05, 0) is 25.2 Å². The standard InChI is InChI=1S/C10H14N4S/c1-8-12-13-9(14(8)2)15-7-10(3-4-10)5-6-11/h3-5,7H2,1-2H3. The van der Waals surface area contributed by atoms with Crippen LogP contribution in [-0.4, -0.2) is 20.5 Å². The zero-order valence-electron chi connectivity index (χ0n) is 9.03. The summed E-state index contributed by atoms with van der Waals surface area (Å²) >= 11 is 1.72. The third-order valence-electron chi connectivity index (χ3n) is 2.97. The topological polar surface area (TPSA) is 54.5 Å². The third kappa shape index (κ3) is 2.15. The average molecular weight is 222 g/mol. The van der Waals surface area contributed by atoms with Gasteiger partial charge >= 0.3 is 0 Å². The number of thioether (sulfide) groups is 1. The summed E-state index contributed by atoms with van der Waals surface area (Å²) < 4.78 is 1.99. The normalized spacial score (nSPS) is 17.4. The van der Waals surface area contributed by atoms with Gasteiger partial charge in [0.15, 0.2) is 5.16 Å². The molecule has 0 amide bonds.